The van der Waals surface area contributed by atoms with Crippen molar-refractivity contribution < 1.29 is 28.5 Å². The second kappa shape index (κ2) is 10.3. The van der Waals surface area contributed by atoms with E-state index in [1.807, 2.05) is 49.4 Å². The van der Waals surface area contributed by atoms with Gasteiger partial charge in [0.1, 0.15) is 11.5 Å². The summed E-state index contributed by atoms with van der Waals surface area (Å²) in [6.07, 6.45) is 0.952. The lowest BCUT2D eigenvalue weighted by Gasteiger charge is -2.38. The van der Waals surface area contributed by atoms with Crippen LogP contribution in [0.3, 0.4) is 0 Å². The number of ether oxygens (including phenoxy) is 4. The van der Waals surface area contributed by atoms with Crippen molar-refractivity contribution in [3.63, 3.8) is 0 Å². The van der Waals surface area contributed by atoms with Crippen molar-refractivity contribution in [3.8, 4) is 17.2 Å². The molecule has 0 amide bonds. The van der Waals surface area contributed by atoms with Crippen molar-refractivity contribution in [2.24, 2.45) is 10.9 Å². The summed E-state index contributed by atoms with van der Waals surface area (Å²) in [5.41, 5.74) is 3.62. The van der Waals surface area contributed by atoms with Crippen LogP contribution in [0.15, 0.2) is 58.7 Å². The Morgan fingerprint density at radius 2 is 1.74 bits per heavy atom. The van der Waals surface area contributed by atoms with Crippen LogP contribution in [0, 0.1) is 5.92 Å². The minimum atomic E-state index is -0.527. The molecule has 1 aliphatic carbocycles. The molecule has 7 heteroatoms. The molecule has 0 radical (unpaired) electrons. The van der Waals surface area contributed by atoms with Crippen LogP contribution in [0.2, 0.25) is 0 Å². The Kier molecular flexibility index (Phi) is 7.24. The standard InChI is InChI=1S/C28H31NO6/c1-6-35-20-9-7-8-18(12-20)26-25(28(31)34-5)16(2)29-21-13-19(14-22(30)27(21)26)17-10-11-23(32-3)24(15-17)33-4/h7-12,15,19,26-27H,6,13-14H2,1-5H3/t19-,26+,27?/m1/s1. The zero-order chi connectivity index (χ0) is 25.1. The maximum atomic E-state index is 13.7. The van der Waals surface area contributed by atoms with E-state index in [2.05, 4.69) is 0 Å². The van der Waals surface area contributed by atoms with Gasteiger partial charge in [0.25, 0.3) is 0 Å². The lowest BCUT2D eigenvalue weighted by atomic mass is 9.66. The predicted octanol–water partition coefficient (Wildman–Crippen LogP) is 4.85. The zero-order valence-corrected chi connectivity index (χ0v) is 20.8. The molecule has 4 rings (SSSR count). The van der Waals surface area contributed by atoms with E-state index < -0.39 is 17.8 Å². The van der Waals surface area contributed by atoms with E-state index in [4.69, 9.17) is 23.9 Å². The molecule has 35 heavy (non-hydrogen) atoms. The Hall–Kier alpha value is -3.61. The lowest BCUT2D eigenvalue weighted by molar-refractivity contribution is -0.136. The molecule has 3 atom stereocenters. The summed E-state index contributed by atoms with van der Waals surface area (Å²) in [5, 5.41) is 0. The number of methoxy groups -OCH3 is 3. The van der Waals surface area contributed by atoms with Crippen LogP contribution in [0.1, 0.15) is 49.7 Å². The first-order valence-electron chi connectivity index (χ1n) is 11.8. The van der Waals surface area contributed by atoms with Gasteiger partial charge in [0.05, 0.1) is 39.4 Å². The molecular formula is C28H31NO6. The number of fused-ring (bicyclic) bond motifs is 1. The topological polar surface area (TPSA) is 83.4 Å². The summed E-state index contributed by atoms with van der Waals surface area (Å²) in [5.74, 6) is 0.502. The fraction of sp³-hybridized carbons (Fsp3) is 0.393. The SMILES string of the molecule is CCOc1cccc([C@H]2C(C(=O)OC)=C(C)N=C3C[C@@H](c4ccc(OC)c(OC)c4)CC(=O)C32)c1. The summed E-state index contributed by atoms with van der Waals surface area (Å²) in [6, 6.07) is 13.3. The molecule has 2 aromatic carbocycles. The smallest absolute Gasteiger partial charge is 0.336 e. The van der Waals surface area contributed by atoms with E-state index in [9.17, 15) is 9.59 Å². The molecule has 2 aromatic rings. The van der Waals surface area contributed by atoms with Crippen molar-refractivity contribution >= 4 is 17.5 Å². The van der Waals surface area contributed by atoms with Crippen LogP contribution in [0.5, 0.6) is 17.2 Å². The van der Waals surface area contributed by atoms with Crippen molar-refractivity contribution in [2.75, 3.05) is 27.9 Å². The van der Waals surface area contributed by atoms with Crippen molar-refractivity contribution in [3.05, 3.63) is 64.9 Å². The first kappa shape index (κ1) is 24.5. The molecule has 0 spiro atoms. The highest BCUT2D eigenvalue weighted by Gasteiger charge is 2.46. The number of hydrogen-bond acceptors (Lipinski definition) is 7. The second-order valence-corrected chi connectivity index (χ2v) is 8.74. The minimum absolute atomic E-state index is 0.0415. The molecule has 0 aromatic heterocycles. The van der Waals surface area contributed by atoms with E-state index in [0.29, 0.717) is 48.0 Å². The summed E-state index contributed by atoms with van der Waals surface area (Å²) in [4.78, 5) is 31.3. The number of Topliss-reactive ketones (excluding diaryl/α,β-unsaturated/α-hetero) is 1. The highest BCUT2D eigenvalue weighted by molar-refractivity contribution is 6.12. The van der Waals surface area contributed by atoms with Crippen LogP contribution in [0.25, 0.3) is 0 Å². The van der Waals surface area contributed by atoms with E-state index in [1.165, 1.54) is 7.11 Å². The second-order valence-electron chi connectivity index (χ2n) is 8.74. The molecule has 1 aliphatic heterocycles. The molecule has 0 N–H and O–H groups in total. The average molecular weight is 478 g/mol. The van der Waals surface area contributed by atoms with Gasteiger partial charge in [-0.3, -0.25) is 9.79 Å². The Bertz CT molecular complexity index is 1200. The largest absolute Gasteiger partial charge is 0.494 e. The van der Waals surface area contributed by atoms with Crippen LogP contribution >= 0.6 is 0 Å². The summed E-state index contributed by atoms with van der Waals surface area (Å²) in [7, 11) is 4.54. The number of ketones is 1. The number of nitrogens with zero attached hydrogens (tertiary/aromatic N) is 1. The van der Waals surface area contributed by atoms with Crippen LogP contribution in [-0.4, -0.2) is 45.4 Å². The number of allylic oxidation sites excluding steroid dienone is 1. The molecule has 7 nitrogen and oxygen atoms in total. The number of carbonyl (C=O) groups excluding carboxylic acids is 2. The zero-order valence-electron chi connectivity index (χ0n) is 20.8. The number of rotatable bonds is 7. The first-order valence-corrected chi connectivity index (χ1v) is 11.8. The number of benzene rings is 2. The highest BCUT2D eigenvalue weighted by Crippen LogP contribution is 2.47. The van der Waals surface area contributed by atoms with Crippen molar-refractivity contribution in [1.29, 1.82) is 0 Å². The molecule has 2 aliphatic rings. The predicted molar refractivity (Wildman–Crippen MR) is 133 cm³/mol. The molecule has 1 unspecified atom stereocenters. The lowest BCUT2D eigenvalue weighted by Crippen LogP contribution is -2.41. The molecule has 0 bridgehead atoms. The third kappa shape index (κ3) is 4.67. The highest BCUT2D eigenvalue weighted by atomic mass is 16.5. The number of hydrogen-bond donors (Lipinski definition) is 0. The molecule has 0 saturated heterocycles. The number of aliphatic imine (C=N–C) groups is 1. The quantitative estimate of drug-likeness (QED) is 0.530. The first-order chi connectivity index (χ1) is 16.9. The van der Waals surface area contributed by atoms with Gasteiger partial charge < -0.3 is 18.9 Å². The third-order valence-corrected chi connectivity index (χ3v) is 6.77. The van der Waals surface area contributed by atoms with Gasteiger partial charge in [0.2, 0.25) is 0 Å². The molecule has 1 saturated carbocycles. The normalized spacial score (nSPS) is 21.7. The van der Waals surface area contributed by atoms with Crippen LogP contribution in [0.4, 0.5) is 0 Å². The fourth-order valence-electron chi connectivity index (χ4n) is 5.22. The maximum Gasteiger partial charge on any atom is 0.336 e. The van der Waals surface area contributed by atoms with Gasteiger partial charge in [-0.15, -0.1) is 0 Å². The van der Waals surface area contributed by atoms with Crippen molar-refractivity contribution in [1.82, 2.24) is 0 Å². The van der Waals surface area contributed by atoms with Gasteiger partial charge in [0.15, 0.2) is 11.5 Å². The van der Waals surface area contributed by atoms with E-state index in [-0.39, 0.29) is 11.7 Å². The molecule has 1 fully saturated rings. The number of carbonyl (C=O) groups is 2. The van der Waals surface area contributed by atoms with E-state index in [1.54, 1.807) is 21.1 Å². The van der Waals surface area contributed by atoms with Gasteiger partial charge in [-0.1, -0.05) is 18.2 Å². The molecular weight excluding hydrogens is 446 g/mol. The number of esters is 1. The Morgan fingerprint density at radius 1 is 0.971 bits per heavy atom. The monoisotopic (exact) mass is 477 g/mol. The van der Waals surface area contributed by atoms with Crippen LogP contribution in [-0.2, 0) is 14.3 Å². The van der Waals surface area contributed by atoms with Gasteiger partial charge in [-0.05, 0) is 61.6 Å². The Labute approximate surface area is 205 Å². The van der Waals surface area contributed by atoms with E-state index >= 15 is 0 Å². The maximum absolute atomic E-state index is 13.7. The van der Waals surface area contributed by atoms with Gasteiger partial charge in [-0.2, -0.15) is 0 Å². The van der Waals surface area contributed by atoms with Gasteiger partial charge in [-0.25, -0.2) is 4.79 Å². The van der Waals surface area contributed by atoms with E-state index in [0.717, 1.165) is 16.8 Å². The summed E-state index contributed by atoms with van der Waals surface area (Å²) in [6.45, 7) is 4.25. The van der Waals surface area contributed by atoms with Gasteiger partial charge in [0, 0.05) is 23.7 Å². The average Bonchev–Trinajstić information content (AvgIpc) is 2.87. The minimum Gasteiger partial charge on any atom is -0.494 e. The fourth-order valence-corrected chi connectivity index (χ4v) is 5.22. The third-order valence-electron chi connectivity index (χ3n) is 6.77. The summed E-state index contributed by atoms with van der Waals surface area (Å²) < 4.78 is 21.6. The Balaban J connectivity index is 1.76. The molecule has 1 heterocycles. The van der Waals surface area contributed by atoms with Gasteiger partial charge >= 0.3 is 5.97 Å². The molecule has 184 valence electrons. The van der Waals surface area contributed by atoms with Crippen LogP contribution < -0.4 is 14.2 Å². The summed E-state index contributed by atoms with van der Waals surface area (Å²) >= 11 is 0. The Morgan fingerprint density at radius 3 is 2.43 bits per heavy atom. The van der Waals surface area contributed by atoms with Crippen molar-refractivity contribution in [2.45, 2.75) is 38.5 Å².